The molecule has 0 amide bonds. The maximum absolute atomic E-state index is 10.0. The van der Waals surface area contributed by atoms with E-state index >= 15 is 0 Å². The molecule has 0 heterocycles. The van der Waals surface area contributed by atoms with Crippen LogP contribution in [-0.2, 0) is 11.8 Å². The molecule has 0 unspecified atom stereocenters. The summed E-state index contributed by atoms with van der Waals surface area (Å²) in [6, 6.07) is 22.5. The average Bonchev–Trinajstić information content (AvgIpc) is 2.62. The van der Waals surface area contributed by atoms with Gasteiger partial charge in [0.25, 0.3) is 0 Å². The van der Waals surface area contributed by atoms with Crippen molar-refractivity contribution in [3.05, 3.63) is 71.3 Å². The zero-order chi connectivity index (χ0) is 16.3. The van der Waals surface area contributed by atoms with E-state index in [4.69, 9.17) is 0 Å². The van der Waals surface area contributed by atoms with Crippen LogP contribution in [0.4, 0.5) is 0 Å². The Bertz CT molecular complexity index is 772. The molecule has 3 atom stereocenters. The lowest BCUT2D eigenvalue weighted by molar-refractivity contribution is 0.179. The van der Waals surface area contributed by atoms with Gasteiger partial charge in [0.15, 0.2) is 0 Å². The second-order valence-electron chi connectivity index (χ2n) is 6.20. The lowest BCUT2D eigenvalue weighted by Crippen LogP contribution is -2.39. The van der Waals surface area contributed by atoms with Crippen LogP contribution in [0.1, 0.15) is 29.0 Å². The van der Waals surface area contributed by atoms with Crippen LogP contribution in [0.5, 0.6) is 0 Å². The van der Waals surface area contributed by atoms with E-state index in [0.29, 0.717) is 12.8 Å². The van der Waals surface area contributed by atoms with Gasteiger partial charge in [0.2, 0.25) is 0 Å². The molecule has 0 aromatic heterocycles. The molecular weight excluding hydrogens is 284 g/mol. The van der Waals surface area contributed by atoms with E-state index < -0.39 is 5.41 Å². The third kappa shape index (κ3) is 2.61. The Morgan fingerprint density at radius 3 is 2.39 bits per heavy atom. The van der Waals surface area contributed by atoms with Crippen LogP contribution >= 0.6 is 0 Å². The summed E-state index contributed by atoms with van der Waals surface area (Å²) in [5.74, 6) is -0.563. The highest BCUT2D eigenvalue weighted by molar-refractivity contribution is 5.48. The third-order valence-corrected chi connectivity index (χ3v) is 4.83. The maximum Gasteiger partial charge on any atom is 0.0869 e. The molecule has 3 rings (SSSR count). The minimum atomic E-state index is -0.696. The number of rotatable bonds is 3. The molecule has 114 valence electrons. The standard InChI is InChI=1S/C20H18N2O/c21-12-18-16(13-23)11-20(14-22,10-15-6-2-1-3-7-15)19-9-5-4-8-17(18)19/h1-9,16,18,23H,10-11,13H2/t16-,18+,20-/m0/s1. The number of hydrogen-bond acceptors (Lipinski definition) is 3. The van der Waals surface area contributed by atoms with Gasteiger partial charge in [-0.05, 0) is 29.5 Å². The summed E-state index contributed by atoms with van der Waals surface area (Å²) >= 11 is 0. The molecule has 0 saturated carbocycles. The van der Waals surface area contributed by atoms with Crippen LogP contribution in [0.25, 0.3) is 0 Å². The predicted molar refractivity (Wildman–Crippen MR) is 87.4 cm³/mol. The molecule has 2 aromatic rings. The zero-order valence-corrected chi connectivity index (χ0v) is 12.8. The second kappa shape index (κ2) is 6.24. The Balaban J connectivity index is 2.13. The number of hydrogen-bond donors (Lipinski definition) is 1. The van der Waals surface area contributed by atoms with Gasteiger partial charge in [0.1, 0.15) is 0 Å². The van der Waals surface area contributed by atoms with Crippen LogP contribution in [0, 0.1) is 28.6 Å². The normalized spacial score (nSPS) is 25.9. The number of fused-ring (bicyclic) bond motifs is 1. The molecule has 1 aliphatic carbocycles. The molecule has 0 aliphatic heterocycles. The Kier molecular flexibility index (Phi) is 4.15. The lowest BCUT2D eigenvalue weighted by Gasteiger charge is -2.39. The molecule has 3 nitrogen and oxygen atoms in total. The fourth-order valence-electron chi connectivity index (χ4n) is 3.74. The summed E-state index contributed by atoms with van der Waals surface area (Å²) in [7, 11) is 0. The van der Waals surface area contributed by atoms with Crippen molar-refractivity contribution in [2.45, 2.75) is 24.2 Å². The van der Waals surface area contributed by atoms with Crippen molar-refractivity contribution in [2.75, 3.05) is 6.61 Å². The molecule has 23 heavy (non-hydrogen) atoms. The quantitative estimate of drug-likeness (QED) is 0.945. The number of aliphatic hydroxyl groups excluding tert-OH is 1. The first-order valence-corrected chi connectivity index (χ1v) is 7.79. The highest BCUT2D eigenvalue weighted by Crippen LogP contribution is 2.47. The van der Waals surface area contributed by atoms with E-state index in [1.807, 2.05) is 54.6 Å². The van der Waals surface area contributed by atoms with Crippen molar-refractivity contribution in [1.82, 2.24) is 0 Å². The Morgan fingerprint density at radius 1 is 1.04 bits per heavy atom. The minimum Gasteiger partial charge on any atom is -0.396 e. The highest BCUT2D eigenvalue weighted by atomic mass is 16.3. The molecule has 0 spiro atoms. The van der Waals surface area contributed by atoms with E-state index in [2.05, 4.69) is 12.1 Å². The van der Waals surface area contributed by atoms with E-state index in [9.17, 15) is 15.6 Å². The van der Waals surface area contributed by atoms with Gasteiger partial charge in [-0.1, -0.05) is 54.6 Å². The monoisotopic (exact) mass is 302 g/mol. The molecule has 0 saturated heterocycles. The van der Waals surface area contributed by atoms with E-state index in [-0.39, 0.29) is 18.4 Å². The summed E-state index contributed by atoms with van der Waals surface area (Å²) < 4.78 is 0. The molecule has 1 aliphatic rings. The van der Waals surface area contributed by atoms with E-state index in [1.165, 1.54) is 0 Å². The number of aliphatic hydroxyl groups is 1. The third-order valence-electron chi connectivity index (χ3n) is 4.83. The first-order chi connectivity index (χ1) is 11.2. The Labute approximate surface area is 136 Å². The molecule has 0 bridgehead atoms. The Morgan fingerprint density at radius 2 is 1.74 bits per heavy atom. The Hall–Kier alpha value is -2.62. The summed E-state index contributed by atoms with van der Waals surface area (Å²) in [4.78, 5) is 0. The fourth-order valence-corrected chi connectivity index (χ4v) is 3.74. The van der Waals surface area contributed by atoms with Gasteiger partial charge in [-0.3, -0.25) is 0 Å². The largest absolute Gasteiger partial charge is 0.396 e. The van der Waals surface area contributed by atoms with Gasteiger partial charge in [0.05, 0.1) is 23.5 Å². The van der Waals surface area contributed by atoms with Crippen LogP contribution < -0.4 is 0 Å². The van der Waals surface area contributed by atoms with Gasteiger partial charge in [-0.15, -0.1) is 0 Å². The first kappa shape index (κ1) is 15.3. The summed E-state index contributed by atoms with van der Waals surface area (Å²) in [5.41, 5.74) is 2.22. The average molecular weight is 302 g/mol. The van der Waals surface area contributed by atoms with Crippen LogP contribution in [0.2, 0.25) is 0 Å². The van der Waals surface area contributed by atoms with Crippen LogP contribution in [0.15, 0.2) is 54.6 Å². The van der Waals surface area contributed by atoms with Gasteiger partial charge in [-0.25, -0.2) is 0 Å². The molecular formula is C20H18N2O. The van der Waals surface area contributed by atoms with E-state index in [1.54, 1.807) is 0 Å². The molecule has 1 N–H and O–H groups in total. The summed E-state index contributed by atoms with van der Waals surface area (Å²) in [5, 5.41) is 29.3. The molecule has 3 heteroatoms. The van der Waals surface area contributed by atoms with Crippen LogP contribution in [0.3, 0.4) is 0 Å². The highest BCUT2D eigenvalue weighted by Gasteiger charge is 2.45. The lowest BCUT2D eigenvalue weighted by atomic mass is 9.61. The topological polar surface area (TPSA) is 67.8 Å². The van der Waals surface area contributed by atoms with Crippen molar-refractivity contribution in [3.8, 4) is 12.1 Å². The molecule has 0 radical (unpaired) electrons. The van der Waals surface area contributed by atoms with Crippen molar-refractivity contribution < 1.29 is 5.11 Å². The van der Waals surface area contributed by atoms with E-state index in [0.717, 1.165) is 16.7 Å². The van der Waals surface area contributed by atoms with Crippen molar-refractivity contribution in [1.29, 1.82) is 10.5 Å². The summed E-state index contributed by atoms with van der Waals surface area (Å²) in [6.07, 6.45) is 1.10. The zero-order valence-electron chi connectivity index (χ0n) is 12.8. The SMILES string of the molecule is N#C[C@H]1c2ccccc2[C@@](C#N)(Cc2ccccc2)C[C@H]1CO. The smallest absolute Gasteiger partial charge is 0.0869 e. The van der Waals surface area contributed by atoms with Gasteiger partial charge in [-0.2, -0.15) is 10.5 Å². The number of benzene rings is 2. The summed E-state index contributed by atoms with van der Waals surface area (Å²) in [6.45, 7) is -0.0786. The van der Waals surface area contributed by atoms with Gasteiger partial charge in [0, 0.05) is 12.5 Å². The van der Waals surface area contributed by atoms with Crippen molar-refractivity contribution >= 4 is 0 Å². The minimum absolute atomic E-state index is 0.0786. The maximum atomic E-state index is 10.0. The fraction of sp³-hybridized carbons (Fsp3) is 0.300. The first-order valence-electron chi connectivity index (χ1n) is 7.79. The number of nitriles is 2. The predicted octanol–water partition coefficient (Wildman–Crippen LogP) is 3.31. The van der Waals surface area contributed by atoms with Crippen molar-refractivity contribution in [3.63, 3.8) is 0 Å². The van der Waals surface area contributed by atoms with Crippen LogP contribution in [-0.4, -0.2) is 11.7 Å². The van der Waals surface area contributed by atoms with Crippen molar-refractivity contribution in [2.24, 2.45) is 5.92 Å². The number of nitrogens with zero attached hydrogens (tertiary/aromatic N) is 2. The molecule has 2 aromatic carbocycles. The van der Waals surface area contributed by atoms with Gasteiger partial charge >= 0.3 is 0 Å². The molecule has 0 fully saturated rings. The second-order valence-corrected chi connectivity index (χ2v) is 6.20. The van der Waals surface area contributed by atoms with Gasteiger partial charge < -0.3 is 5.11 Å².